The standard InChI is InChI=1S/C14H21N3O2/c1-14(2)7-3-4-10(9-14)16-13-6-5-11(17(18)19)8-12(13)15/h5-6,8,10,16H,3-4,7,9,15H2,1-2H3. The van der Waals surface area contributed by atoms with Crippen LogP contribution in [-0.4, -0.2) is 11.0 Å². The molecule has 0 bridgehead atoms. The predicted octanol–water partition coefficient (Wildman–Crippen LogP) is 3.56. The Morgan fingerprint density at radius 2 is 2.21 bits per heavy atom. The number of nitro benzene ring substituents is 1. The van der Waals surface area contributed by atoms with E-state index in [1.54, 1.807) is 6.07 Å². The second-order valence-electron chi connectivity index (χ2n) is 6.13. The highest BCUT2D eigenvalue weighted by Crippen LogP contribution is 2.37. The minimum atomic E-state index is -0.427. The molecule has 1 aliphatic carbocycles. The highest BCUT2D eigenvalue weighted by atomic mass is 16.6. The summed E-state index contributed by atoms with van der Waals surface area (Å²) in [5, 5.41) is 14.1. The van der Waals surface area contributed by atoms with Crippen molar-refractivity contribution < 1.29 is 4.92 Å². The Morgan fingerprint density at radius 1 is 1.47 bits per heavy atom. The number of benzene rings is 1. The van der Waals surface area contributed by atoms with Gasteiger partial charge >= 0.3 is 0 Å². The first-order valence-electron chi connectivity index (χ1n) is 6.68. The van der Waals surface area contributed by atoms with E-state index in [9.17, 15) is 10.1 Å². The molecule has 0 heterocycles. The summed E-state index contributed by atoms with van der Waals surface area (Å²) in [5.41, 5.74) is 7.51. The van der Waals surface area contributed by atoms with Crippen LogP contribution in [0.1, 0.15) is 39.5 Å². The number of anilines is 2. The number of nitrogens with two attached hydrogens (primary N) is 1. The third-order valence-electron chi connectivity index (χ3n) is 3.81. The van der Waals surface area contributed by atoms with Gasteiger partial charge in [-0.2, -0.15) is 0 Å². The molecule has 104 valence electrons. The third-order valence-corrected chi connectivity index (χ3v) is 3.81. The molecule has 0 saturated heterocycles. The van der Waals surface area contributed by atoms with Crippen LogP contribution in [0.25, 0.3) is 0 Å². The predicted molar refractivity (Wildman–Crippen MR) is 77.2 cm³/mol. The lowest BCUT2D eigenvalue weighted by atomic mass is 9.75. The number of rotatable bonds is 3. The third kappa shape index (κ3) is 3.36. The Labute approximate surface area is 113 Å². The van der Waals surface area contributed by atoms with Gasteiger partial charge in [-0.15, -0.1) is 0 Å². The quantitative estimate of drug-likeness (QED) is 0.496. The zero-order valence-corrected chi connectivity index (χ0v) is 11.5. The summed E-state index contributed by atoms with van der Waals surface area (Å²) in [4.78, 5) is 10.2. The molecule has 0 spiro atoms. The average Bonchev–Trinajstić information content (AvgIpc) is 2.30. The normalized spacial score (nSPS) is 21.9. The van der Waals surface area contributed by atoms with Gasteiger partial charge in [0, 0.05) is 18.2 Å². The molecule has 5 nitrogen and oxygen atoms in total. The van der Waals surface area contributed by atoms with Crippen LogP contribution in [-0.2, 0) is 0 Å². The minimum absolute atomic E-state index is 0.0343. The molecule has 1 saturated carbocycles. The van der Waals surface area contributed by atoms with Crippen molar-refractivity contribution in [1.29, 1.82) is 0 Å². The number of nitrogen functional groups attached to an aromatic ring is 1. The van der Waals surface area contributed by atoms with E-state index in [1.165, 1.54) is 25.0 Å². The van der Waals surface area contributed by atoms with Gasteiger partial charge in [0.2, 0.25) is 0 Å². The van der Waals surface area contributed by atoms with E-state index in [-0.39, 0.29) is 5.69 Å². The highest BCUT2D eigenvalue weighted by Gasteiger charge is 2.28. The maximum absolute atomic E-state index is 10.7. The fourth-order valence-electron chi connectivity index (χ4n) is 2.84. The Morgan fingerprint density at radius 3 is 2.79 bits per heavy atom. The zero-order chi connectivity index (χ0) is 14.0. The van der Waals surface area contributed by atoms with Crippen molar-refractivity contribution in [1.82, 2.24) is 0 Å². The van der Waals surface area contributed by atoms with E-state index in [0.29, 0.717) is 17.1 Å². The molecular weight excluding hydrogens is 242 g/mol. The summed E-state index contributed by atoms with van der Waals surface area (Å²) in [6.07, 6.45) is 4.68. The van der Waals surface area contributed by atoms with Crippen LogP contribution in [0, 0.1) is 15.5 Å². The molecule has 0 aliphatic heterocycles. The SMILES string of the molecule is CC1(C)CCCC(Nc2ccc([N+](=O)[O-])cc2N)C1. The van der Waals surface area contributed by atoms with Crippen molar-refractivity contribution in [3.63, 3.8) is 0 Å². The molecular formula is C14H21N3O2. The summed E-state index contributed by atoms with van der Waals surface area (Å²) in [7, 11) is 0. The Balaban J connectivity index is 2.09. The molecule has 1 aromatic rings. The van der Waals surface area contributed by atoms with Gasteiger partial charge in [-0.25, -0.2) is 0 Å². The monoisotopic (exact) mass is 263 g/mol. The summed E-state index contributed by atoms with van der Waals surface area (Å²) in [6.45, 7) is 4.56. The lowest BCUT2D eigenvalue weighted by Gasteiger charge is -2.36. The zero-order valence-electron chi connectivity index (χ0n) is 11.5. The Kier molecular flexibility index (Phi) is 3.64. The molecule has 1 aliphatic rings. The number of nitrogens with zero attached hydrogens (tertiary/aromatic N) is 1. The molecule has 0 aromatic heterocycles. The fraction of sp³-hybridized carbons (Fsp3) is 0.571. The smallest absolute Gasteiger partial charge is 0.271 e. The van der Waals surface area contributed by atoms with Crippen molar-refractivity contribution >= 4 is 17.1 Å². The first-order chi connectivity index (χ1) is 8.87. The number of hydrogen-bond acceptors (Lipinski definition) is 4. The molecule has 0 amide bonds. The number of nitro groups is 1. The summed E-state index contributed by atoms with van der Waals surface area (Å²) < 4.78 is 0. The van der Waals surface area contributed by atoms with E-state index in [0.717, 1.165) is 18.5 Å². The van der Waals surface area contributed by atoms with Crippen LogP contribution in [0.4, 0.5) is 17.1 Å². The molecule has 2 rings (SSSR count). The van der Waals surface area contributed by atoms with E-state index in [1.807, 2.05) is 0 Å². The fourth-order valence-corrected chi connectivity index (χ4v) is 2.84. The lowest BCUT2D eigenvalue weighted by molar-refractivity contribution is -0.384. The molecule has 1 fully saturated rings. The first kappa shape index (κ1) is 13.6. The van der Waals surface area contributed by atoms with Crippen LogP contribution in [0.15, 0.2) is 18.2 Å². The number of hydrogen-bond donors (Lipinski definition) is 2. The van der Waals surface area contributed by atoms with Crippen LogP contribution < -0.4 is 11.1 Å². The topological polar surface area (TPSA) is 81.2 Å². The van der Waals surface area contributed by atoms with Gasteiger partial charge in [-0.1, -0.05) is 20.3 Å². The van der Waals surface area contributed by atoms with Gasteiger partial charge in [0.05, 0.1) is 16.3 Å². The summed E-state index contributed by atoms with van der Waals surface area (Å²) in [5.74, 6) is 0. The molecule has 1 atom stereocenters. The highest BCUT2D eigenvalue weighted by molar-refractivity contribution is 5.69. The first-order valence-corrected chi connectivity index (χ1v) is 6.68. The van der Waals surface area contributed by atoms with Crippen molar-refractivity contribution in [3.05, 3.63) is 28.3 Å². The second-order valence-corrected chi connectivity index (χ2v) is 6.13. The van der Waals surface area contributed by atoms with Gasteiger partial charge in [-0.3, -0.25) is 10.1 Å². The van der Waals surface area contributed by atoms with Gasteiger partial charge < -0.3 is 11.1 Å². The molecule has 1 unspecified atom stereocenters. The molecule has 3 N–H and O–H groups in total. The van der Waals surface area contributed by atoms with Crippen LogP contribution in [0.3, 0.4) is 0 Å². The number of nitrogens with one attached hydrogen (secondary N) is 1. The lowest BCUT2D eigenvalue weighted by Crippen LogP contribution is -2.31. The molecule has 0 radical (unpaired) electrons. The van der Waals surface area contributed by atoms with Gasteiger partial charge in [0.15, 0.2) is 0 Å². The number of non-ortho nitro benzene ring substituents is 1. The Hall–Kier alpha value is -1.78. The maximum atomic E-state index is 10.7. The maximum Gasteiger partial charge on any atom is 0.271 e. The van der Waals surface area contributed by atoms with Crippen molar-refractivity contribution in [2.24, 2.45) is 5.41 Å². The van der Waals surface area contributed by atoms with Crippen molar-refractivity contribution in [2.75, 3.05) is 11.1 Å². The Bertz CT molecular complexity index is 486. The van der Waals surface area contributed by atoms with Crippen molar-refractivity contribution in [2.45, 2.75) is 45.6 Å². The van der Waals surface area contributed by atoms with Crippen molar-refractivity contribution in [3.8, 4) is 0 Å². The van der Waals surface area contributed by atoms with Gasteiger partial charge in [-0.05, 0) is 30.7 Å². The van der Waals surface area contributed by atoms with E-state index in [2.05, 4.69) is 19.2 Å². The van der Waals surface area contributed by atoms with E-state index < -0.39 is 4.92 Å². The summed E-state index contributed by atoms with van der Waals surface area (Å²) >= 11 is 0. The minimum Gasteiger partial charge on any atom is -0.397 e. The largest absolute Gasteiger partial charge is 0.397 e. The van der Waals surface area contributed by atoms with Crippen LogP contribution in [0.5, 0.6) is 0 Å². The second kappa shape index (κ2) is 5.07. The molecule has 19 heavy (non-hydrogen) atoms. The van der Waals surface area contributed by atoms with Gasteiger partial charge in [0.25, 0.3) is 5.69 Å². The molecule has 5 heteroatoms. The molecule has 1 aromatic carbocycles. The van der Waals surface area contributed by atoms with E-state index in [4.69, 9.17) is 5.73 Å². The average molecular weight is 263 g/mol. The summed E-state index contributed by atoms with van der Waals surface area (Å²) in [6, 6.07) is 5.01. The van der Waals surface area contributed by atoms with Crippen LogP contribution >= 0.6 is 0 Å². The van der Waals surface area contributed by atoms with E-state index >= 15 is 0 Å². The van der Waals surface area contributed by atoms with Crippen LogP contribution in [0.2, 0.25) is 0 Å². The van der Waals surface area contributed by atoms with Gasteiger partial charge in [0.1, 0.15) is 0 Å².